The number of aryl methyl sites for hydroxylation is 2. The first kappa shape index (κ1) is 17.6. The summed E-state index contributed by atoms with van der Waals surface area (Å²) >= 11 is 0. The third-order valence-corrected chi connectivity index (χ3v) is 4.66. The van der Waals surface area contributed by atoms with E-state index in [-0.39, 0.29) is 17.8 Å². The Labute approximate surface area is 147 Å². The number of carbonyl (C=O) groups is 1. The van der Waals surface area contributed by atoms with Crippen LogP contribution in [0, 0.1) is 12.7 Å². The molecule has 1 fully saturated rings. The van der Waals surface area contributed by atoms with Crippen molar-refractivity contribution in [2.45, 2.75) is 38.8 Å². The maximum atomic E-state index is 13.2. The van der Waals surface area contributed by atoms with Crippen molar-refractivity contribution < 1.29 is 9.18 Å². The molecular formula is C19H25FN4O. The molecule has 1 aromatic heterocycles. The molecule has 3 rings (SSSR count). The molecule has 2 heterocycles. The smallest absolute Gasteiger partial charge is 0.221 e. The molecule has 0 aliphatic carbocycles. The van der Waals surface area contributed by atoms with Gasteiger partial charge in [-0.05, 0) is 56.1 Å². The normalized spacial score (nSPS) is 16.1. The van der Waals surface area contributed by atoms with E-state index in [4.69, 9.17) is 0 Å². The van der Waals surface area contributed by atoms with Crippen LogP contribution >= 0.6 is 0 Å². The van der Waals surface area contributed by atoms with Gasteiger partial charge in [-0.2, -0.15) is 5.10 Å². The third-order valence-electron chi connectivity index (χ3n) is 4.66. The summed E-state index contributed by atoms with van der Waals surface area (Å²) in [7, 11) is 0. The van der Waals surface area contributed by atoms with E-state index in [0.29, 0.717) is 19.5 Å². The second kappa shape index (κ2) is 8.25. The zero-order chi connectivity index (χ0) is 17.6. The Morgan fingerprint density at radius 2 is 2.00 bits per heavy atom. The van der Waals surface area contributed by atoms with E-state index in [1.807, 2.05) is 25.3 Å². The largest absolute Gasteiger partial charge is 0.354 e. The van der Waals surface area contributed by atoms with Crippen LogP contribution in [0.4, 0.5) is 4.39 Å². The van der Waals surface area contributed by atoms with E-state index < -0.39 is 0 Å². The second-order valence-electron chi connectivity index (χ2n) is 6.65. The summed E-state index contributed by atoms with van der Waals surface area (Å²) in [6, 6.07) is 6.70. The Balaban J connectivity index is 1.56. The number of aromatic nitrogens is 2. The van der Waals surface area contributed by atoms with E-state index in [1.165, 1.54) is 25.0 Å². The Hall–Kier alpha value is -2.21. The van der Waals surface area contributed by atoms with Crippen molar-refractivity contribution in [3.05, 3.63) is 53.6 Å². The number of carbonyl (C=O) groups excluding carboxylic acids is 1. The highest BCUT2D eigenvalue weighted by Crippen LogP contribution is 2.24. The number of nitrogens with zero attached hydrogens (tertiary/aromatic N) is 3. The SMILES string of the molecule is Cc1cnn(CCC(=O)NCC(c2ccc(F)cc2)N2CCCC2)c1. The lowest BCUT2D eigenvalue weighted by molar-refractivity contribution is -0.121. The highest BCUT2D eigenvalue weighted by Gasteiger charge is 2.23. The molecule has 0 saturated carbocycles. The van der Waals surface area contributed by atoms with Crippen molar-refractivity contribution in [1.29, 1.82) is 0 Å². The number of hydrogen-bond donors (Lipinski definition) is 1. The zero-order valence-corrected chi connectivity index (χ0v) is 14.6. The molecule has 6 heteroatoms. The molecule has 0 radical (unpaired) electrons. The van der Waals surface area contributed by atoms with E-state index in [2.05, 4.69) is 15.3 Å². The lowest BCUT2D eigenvalue weighted by Crippen LogP contribution is -2.37. The predicted octanol–water partition coefficient (Wildman–Crippen LogP) is 2.67. The van der Waals surface area contributed by atoms with Gasteiger partial charge in [-0.1, -0.05) is 12.1 Å². The van der Waals surface area contributed by atoms with Gasteiger partial charge in [0.25, 0.3) is 0 Å². The first-order valence-electron chi connectivity index (χ1n) is 8.87. The summed E-state index contributed by atoms with van der Waals surface area (Å²) in [5.74, 6) is -0.220. The fourth-order valence-corrected chi connectivity index (χ4v) is 3.30. The van der Waals surface area contributed by atoms with Crippen molar-refractivity contribution >= 4 is 5.91 Å². The minimum absolute atomic E-state index is 0.0134. The highest BCUT2D eigenvalue weighted by atomic mass is 19.1. The number of benzene rings is 1. The Bertz CT molecular complexity index is 692. The molecule has 5 nitrogen and oxygen atoms in total. The summed E-state index contributed by atoms with van der Waals surface area (Å²) in [5, 5.41) is 7.23. The first-order chi connectivity index (χ1) is 12.1. The fourth-order valence-electron chi connectivity index (χ4n) is 3.30. The molecule has 25 heavy (non-hydrogen) atoms. The Morgan fingerprint density at radius 1 is 1.28 bits per heavy atom. The molecule has 1 saturated heterocycles. The molecule has 1 N–H and O–H groups in total. The van der Waals surface area contributed by atoms with Gasteiger partial charge in [0.15, 0.2) is 0 Å². The van der Waals surface area contributed by atoms with E-state index in [0.717, 1.165) is 24.2 Å². The number of amides is 1. The number of hydrogen-bond acceptors (Lipinski definition) is 3. The van der Waals surface area contributed by atoms with Crippen molar-refractivity contribution in [3.8, 4) is 0 Å². The van der Waals surface area contributed by atoms with Crippen molar-refractivity contribution in [2.24, 2.45) is 0 Å². The van der Waals surface area contributed by atoms with Gasteiger partial charge in [-0.25, -0.2) is 4.39 Å². The summed E-state index contributed by atoms with van der Waals surface area (Å²) in [6.45, 7) is 5.13. The lowest BCUT2D eigenvalue weighted by Gasteiger charge is -2.28. The molecule has 1 atom stereocenters. The standard InChI is InChI=1S/C19H25FN4O/c1-15-12-22-24(14-15)11-8-19(25)21-13-18(23-9-2-3-10-23)16-4-6-17(20)7-5-16/h4-7,12,14,18H,2-3,8-11,13H2,1H3,(H,21,25). The summed E-state index contributed by atoms with van der Waals surface area (Å²) in [4.78, 5) is 14.6. The van der Waals surface area contributed by atoms with Gasteiger partial charge >= 0.3 is 0 Å². The van der Waals surface area contributed by atoms with Crippen molar-refractivity contribution in [3.63, 3.8) is 0 Å². The quantitative estimate of drug-likeness (QED) is 0.840. The van der Waals surface area contributed by atoms with Gasteiger partial charge in [-0.15, -0.1) is 0 Å². The number of likely N-dealkylation sites (tertiary alicyclic amines) is 1. The first-order valence-corrected chi connectivity index (χ1v) is 8.87. The van der Waals surface area contributed by atoms with Crippen LogP contribution in [0.2, 0.25) is 0 Å². The topological polar surface area (TPSA) is 50.2 Å². The molecule has 1 aliphatic rings. The van der Waals surface area contributed by atoms with Gasteiger partial charge in [-0.3, -0.25) is 14.4 Å². The maximum absolute atomic E-state index is 13.2. The van der Waals surface area contributed by atoms with Crippen LogP contribution in [0.15, 0.2) is 36.7 Å². The minimum Gasteiger partial charge on any atom is -0.354 e. The minimum atomic E-state index is -0.234. The molecule has 1 aliphatic heterocycles. The fraction of sp³-hybridized carbons (Fsp3) is 0.474. The van der Waals surface area contributed by atoms with Crippen molar-refractivity contribution in [1.82, 2.24) is 20.0 Å². The molecule has 1 amide bonds. The van der Waals surface area contributed by atoms with E-state index in [9.17, 15) is 9.18 Å². The molecule has 134 valence electrons. The van der Waals surface area contributed by atoms with Crippen LogP contribution < -0.4 is 5.32 Å². The van der Waals surface area contributed by atoms with Crippen LogP contribution in [0.3, 0.4) is 0 Å². The van der Waals surface area contributed by atoms with Crippen LogP contribution in [0.1, 0.15) is 36.4 Å². The zero-order valence-electron chi connectivity index (χ0n) is 14.6. The van der Waals surface area contributed by atoms with Crippen LogP contribution in [-0.4, -0.2) is 40.2 Å². The average Bonchev–Trinajstić information content (AvgIpc) is 3.27. The van der Waals surface area contributed by atoms with Gasteiger partial charge in [0.2, 0.25) is 5.91 Å². The molecule has 0 spiro atoms. The summed E-state index contributed by atoms with van der Waals surface area (Å²) in [5.41, 5.74) is 2.14. The van der Waals surface area contributed by atoms with Crippen LogP contribution in [0.5, 0.6) is 0 Å². The van der Waals surface area contributed by atoms with Crippen LogP contribution in [-0.2, 0) is 11.3 Å². The molecule has 1 unspecified atom stereocenters. The van der Waals surface area contributed by atoms with Gasteiger partial charge in [0.05, 0.1) is 12.2 Å². The second-order valence-corrected chi connectivity index (χ2v) is 6.65. The van der Waals surface area contributed by atoms with Gasteiger partial charge in [0.1, 0.15) is 5.82 Å². The molecular weight excluding hydrogens is 319 g/mol. The summed E-state index contributed by atoms with van der Waals surface area (Å²) in [6.07, 6.45) is 6.46. The van der Waals surface area contributed by atoms with Gasteiger partial charge < -0.3 is 5.32 Å². The maximum Gasteiger partial charge on any atom is 0.221 e. The highest BCUT2D eigenvalue weighted by molar-refractivity contribution is 5.75. The summed E-state index contributed by atoms with van der Waals surface area (Å²) < 4.78 is 15.0. The number of halogens is 1. The predicted molar refractivity (Wildman–Crippen MR) is 94.5 cm³/mol. The van der Waals surface area contributed by atoms with E-state index >= 15 is 0 Å². The molecule has 0 bridgehead atoms. The number of rotatable bonds is 7. The lowest BCUT2D eigenvalue weighted by atomic mass is 10.1. The third kappa shape index (κ3) is 4.89. The van der Waals surface area contributed by atoms with Crippen molar-refractivity contribution in [2.75, 3.05) is 19.6 Å². The molecule has 2 aromatic rings. The Morgan fingerprint density at radius 3 is 2.64 bits per heavy atom. The van der Waals surface area contributed by atoms with Gasteiger partial charge in [0, 0.05) is 25.7 Å². The van der Waals surface area contributed by atoms with Crippen LogP contribution in [0.25, 0.3) is 0 Å². The average molecular weight is 344 g/mol. The van der Waals surface area contributed by atoms with E-state index in [1.54, 1.807) is 10.9 Å². The molecule has 1 aromatic carbocycles. The Kier molecular flexibility index (Phi) is 5.81. The monoisotopic (exact) mass is 344 g/mol. The number of nitrogens with one attached hydrogen (secondary N) is 1.